The van der Waals surface area contributed by atoms with Gasteiger partial charge in [0.25, 0.3) is 0 Å². The van der Waals surface area contributed by atoms with Gasteiger partial charge < -0.3 is 24.4 Å². The molecule has 1 aliphatic heterocycles. The van der Waals surface area contributed by atoms with Crippen LogP contribution in [0.5, 0.6) is 17.2 Å². The maximum atomic E-state index is 5.64. The van der Waals surface area contributed by atoms with Crippen LogP contribution in [0.2, 0.25) is 0 Å². The third-order valence-corrected chi connectivity index (χ3v) is 6.23. The van der Waals surface area contributed by atoms with Gasteiger partial charge in [-0.1, -0.05) is 24.3 Å². The molecular weight excluding hydrogens is 364 g/mol. The summed E-state index contributed by atoms with van der Waals surface area (Å²) in [6.45, 7) is 0. The molecule has 1 aliphatic carbocycles. The van der Waals surface area contributed by atoms with E-state index in [0.29, 0.717) is 18.0 Å². The van der Waals surface area contributed by atoms with Crippen LogP contribution in [-0.4, -0.2) is 52.4 Å². The second-order valence-electron chi connectivity index (χ2n) is 7.96. The molecule has 1 N–H and O–H groups in total. The van der Waals surface area contributed by atoms with Gasteiger partial charge in [0.15, 0.2) is 11.5 Å². The third-order valence-electron chi connectivity index (χ3n) is 6.23. The number of nitrogens with zero attached hydrogens (tertiary/aromatic N) is 1. The van der Waals surface area contributed by atoms with Crippen LogP contribution in [0.3, 0.4) is 0 Å². The van der Waals surface area contributed by atoms with E-state index in [1.54, 1.807) is 21.3 Å². The first kappa shape index (κ1) is 19.8. The fourth-order valence-corrected chi connectivity index (χ4v) is 4.73. The molecule has 4 atom stereocenters. The van der Waals surface area contributed by atoms with Crippen LogP contribution in [0.15, 0.2) is 48.6 Å². The van der Waals surface area contributed by atoms with E-state index in [2.05, 4.69) is 60.7 Å². The third kappa shape index (κ3) is 3.49. The van der Waals surface area contributed by atoms with Crippen LogP contribution < -0.4 is 19.5 Å². The molecule has 0 aromatic heterocycles. The van der Waals surface area contributed by atoms with Gasteiger partial charge in [0.2, 0.25) is 0 Å². The van der Waals surface area contributed by atoms with Crippen LogP contribution in [0.1, 0.15) is 35.1 Å². The first-order chi connectivity index (χ1) is 14.1. The Balaban J connectivity index is 1.86. The van der Waals surface area contributed by atoms with E-state index in [-0.39, 0.29) is 6.04 Å². The number of hydrogen-bond donors (Lipinski definition) is 1. The average Bonchev–Trinajstić information content (AvgIpc) is 2.77. The quantitative estimate of drug-likeness (QED) is 0.783. The van der Waals surface area contributed by atoms with Crippen molar-refractivity contribution in [1.82, 2.24) is 10.2 Å². The topological polar surface area (TPSA) is 43.0 Å². The van der Waals surface area contributed by atoms with Gasteiger partial charge in [0.1, 0.15) is 5.75 Å². The summed E-state index contributed by atoms with van der Waals surface area (Å²) in [6, 6.07) is 13.3. The molecule has 2 aromatic carbocycles. The number of hydrogen-bond acceptors (Lipinski definition) is 5. The molecule has 5 heteroatoms. The molecule has 5 nitrogen and oxygen atoms in total. The number of benzene rings is 2. The van der Waals surface area contributed by atoms with Crippen LogP contribution in [0.25, 0.3) is 0 Å². The fraction of sp³-hybridized carbons (Fsp3) is 0.417. The lowest BCUT2D eigenvalue weighted by Gasteiger charge is -2.46. The van der Waals surface area contributed by atoms with E-state index in [4.69, 9.17) is 14.2 Å². The Labute approximate surface area is 173 Å². The van der Waals surface area contributed by atoms with Gasteiger partial charge in [0, 0.05) is 18.0 Å². The van der Waals surface area contributed by atoms with Gasteiger partial charge >= 0.3 is 0 Å². The number of methoxy groups -OCH3 is 3. The summed E-state index contributed by atoms with van der Waals surface area (Å²) in [5.41, 5.74) is 3.80. The molecule has 0 saturated carbocycles. The van der Waals surface area contributed by atoms with Gasteiger partial charge in [-0.05, 0) is 61.5 Å². The van der Waals surface area contributed by atoms with Crippen molar-refractivity contribution < 1.29 is 14.2 Å². The highest BCUT2D eigenvalue weighted by molar-refractivity contribution is 5.54. The van der Waals surface area contributed by atoms with Gasteiger partial charge in [-0.15, -0.1) is 0 Å². The van der Waals surface area contributed by atoms with Crippen LogP contribution in [0.4, 0.5) is 0 Å². The van der Waals surface area contributed by atoms with Crippen LogP contribution in [0, 0.1) is 0 Å². The van der Waals surface area contributed by atoms with E-state index in [1.807, 2.05) is 12.1 Å². The lowest BCUT2D eigenvalue weighted by molar-refractivity contribution is 0.216. The van der Waals surface area contributed by atoms with Crippen molar-refractivity contribution in [3.05, 3.63) is 65.2 Å². The predicted molar refractivity (Wildman–Crippen MR) is 115 cm³/mol. The SMILES string of the molecule is COc1ccc(C2NC3[C@@H](CC=C[C@@H]3N(C)C)c3cc(OC)c(OC)cc32)cc1. The molecule has 1 heterocycles. The molecule has 0 spiro atoms. The van der Waals surface area contributed by atoms with E-state index >= 15 is 0 Å². The summed E-state index contributed by atoms with van der Waals surface area (Å²) in [7, 11) is 9.38. The van der Waals surface area contributed by atoms with Crippen molar-refractivity contribution in [3.8, 4) is 17.2 Å². The number of allylic oxidation sites excluding steroid dienone is 1. The number of ether oxygens (including phenoxy) is 3. The zero-order valence-corrected chi connectivity index (χ0v) is 17.8. The standard InChI is InChI=1S/C24H30N2O3/c1-26(2)20-8-6-7-17-18-13-21(28-4)22(29-5)14-19(18)23(25-24(17)20)15-9-11-16(27-3)12-10-15/h6,8-14,17,20,23-25H,7H2,1-5H3/t17-,20-,23?,24?/m0/s1. The van der Waals surface area contributed by atoms with Crippen LogP contribution in [-0.2, 0) is 0 Å². The van der Waals surface area contributed by atoms with E-state index in [1.165, 1.54) is 16.7 Å². The zero-order valence-electron chi connectivity index (χ0n) is 17.8. The highest BCUT2D eigenvalue weighted by Crippen LogP contribution is 2.46. The van der Waals surface area contributed by atoms with Gasteiger partial charge in [-0.25, -0.2) is 0 Å². The molecule has 2 aromatic rings. The summed E-state index contributed by atoms with van der Waals surface area (Å²) in [5.74, 6) is 2.80. The van der Waals surface area contributed by atoms with Crippen molar-refractivity contribution in [3.63, 3.8) is 0 Å². The lowest BCUT2D eigenvalue weighted by Crippen LogP contribution is -2.54. The van der Waals surface area contributed by atoms with Gasteiger partial charge in [-0.2, -0.15) is 0 Å². The van der Waals surface area contributed by atoms with Gasteiger partial charge in [0.05, 0.1) is 27.4 Å². The molecule has 154 valence electrons. The maximum Gasteiger partial charge on any atom is 0.161 e. The molecule has 0 fully saturated rings. The normalized spacial score (nSPS) is 25.3. The van der Waals surface area contributed by atoms with Crippen molar-refractivity contribution in [2.24, 2.45) is 0 Å². The summed E-state index contributed by atoms with van der Waals surface area (Å²) in [6.07, 6.45) is 5.65. The molecule has 2 aliphatic rings. The van der Waals surface area contributed by atoms with E-state index in [0.717, 1.165) is 23.7 Å². The highest BCUT2D eigenvalue weighted by Gasteiger charge is 2.41. The van der Waals surface area contributed by atoms with Crippen molar-refractivity contribution >= 4 is 0 Å². The Morgan fingerprint density at radius 3 is 2.14 bits per heavy atom. The molecule has 0 saturated heterocycles. The Hall–Kier alpha value is -2.50. The summed E-state index contributed by atoms with van der Waals surface area (Å²) in [4.78, 5) is 2.29. The molecule has 0 radical (unpaired) electrons. The minimum absolute atomic E-state index is 0.0749. The first-order valence-electron chi connectivity index (χ1n) is 10.1. The molecular formula is C24H30N2O3. The summed E-state index contributed by atoms with van der Waals surface area (Å²) >= 11 is 0. The molecule has 29 heavy (non-hydrogen) atoms. The second kappa shape index (κ2) is 8.09. The molecule has 4 rings (SSSR count). The number of nitrogens with one attached hydrogen (secondary N) is 1. The second-order valence-corrected chi connectivity index (χ2v) is 7.96. The molecule has 0 amide bonds. The fourth-order valence-electron chi connectivity index (χ4n) is 4.73. The Morgan fingerprint density at radius 2 is 1.55 bits per heavy atom. The monoisotopic (exact) mass is 394 g/mol. The number of likely N-dealkylation sites (N-methyl/N-ethyl adjacent to an activating group) is 1. The maximum absolute atomic E-state index is 5.64. The average molecular weight is 395 g/mol. The number of fused-ring (bicyclic) bond motifs is 3. The summed E-state index contributed by atoms with van der Waals surface area (Å²) < 4.78 is 16.6. The van der Waals surface area contributed by atoms with Gasteiger partial charge in [-0.3, -0.25) is 0 Å². The smallest absolute Gasteiger partial charge is 0.161 e. The number of rotatable bonds is 5. The first-order valence-corrected chi connectivity index (χ1v) is 10.1. The summed E-state index contributed by atoms with van der Waals surface area (Å²) in [5, 5.41) is 3.96. The molecule has 0 bridgehead atoms. The van der Waals surface area contributed by atoms with E-state index < -0.39 is 0 Å². The zero-order chi connectivity index (χ0) is 20.5. The van der Waals surface area contributed by atoms with Crippen molar-refractivity contribution in [2.45, 2.75) is 30.5 Å². The Bertz CT molecular complexity index is 892. The predicted octanol–water partition coefficient (Wildman–Crippen LogP) is 3.75. The lowest BCUT2D eigenvalue weighted by atomic mass is 9.73. The highest BCUT2D eigenvalue weighted by atomic mass is 16.5. The minimum atomic E-state index is 0.0749. The molecule has 2 unspecified atom stereocenters. The van der Waals surface area contributed by atoms with Crippen LogP contribution >= 0.6 is 0 Å². The minimum Gasteiger partial charge on any atom is -0.497 e. The Morgan fingerprint density at radius 1 is 0.897 bits per heavy atom. The Kier molecular flexibility index (Phi) is 5.52. The van der Waals surface area contributed by atoms with Crippen molar-refractivity contribution in [1.29, 1.82) is 0 Å². The largest absolute Gasteiger partial charge is 0.497 e. The van der Waals surface area contributed by atoms with E-state index in [9.17, 15) is 0 Å². The van der Waals surface area contributed by atoms with Crippen molar-refractivity contribution in [2.75, 3.05) is 35.4 Å².